The van der Waals surface area contributed by atoms with Crippen molar-refractivity contribution in [2.45, 2.75) is 44.4 Å². The van der Waals surface area contributed by atoms with Crippen molar-refractivity contribution in [1.29, 1.82) is 0 Å². The van der Waals surface area contributed by atoms with Crippen molar-refractivity contribution in [3.05, 3.63) is 114 Å². The van der Waals surface area contributed by atoms with Gasteiger partial charge in [-0.1, -0.05) is 54.6 Å². The number of halogens is 2. The number of hydrazine groups is 1. The van der Waals surface area contributed by atoms with Crippen molar-refractivity contribution < 1.29 is 28.3 Å². The smallest absolute Gasteiger partial charge is 0.246 e. The maximum absolute atomic E-state index is 14.9. The summed E-state index contributed by atoms with van der Waals surface area (Å²) in [6.45, 7) is 5.48. The van der Waals surface area contributed by atoms with Crippen LogP contribution in [-0.2, 0) is 27.2 Å². The summed E-state index contributed by atoms with van der Waals surface area (Å²) >= 11 is 0. The summed E-state index contributed by atoms with van der Waals surface area (Å²) in [6, 6.07) is 17.3. The van der Waals surface area contributed by atoms with E-state index in [1.54, 1.807) is 35.2 Å². The normalized spacial score (nSPS) is 19.7. The first kappa shape index (κ1) is 29.9. The molecule has 3 amide bonds. The Balaban J connectivity index is 1.53. The number of rotatable bonds is 9. The number of aryl methyl sites for hydroxylation is 1. The first-order chi connectivity index (χ1) is 20.7. The molecule has 2 heterocycles. The first-order valence-electron chi connectivity index (χ1n) is 14.2. The maximum Gasteiger partial charge on any atom is 0.246 e. The largest absolute Gasteiger partial charge is 0.508 e. The number of phenolic OH excluding ortho intramolecular Hbond substituents is 1. The molecule has 8 nitrogen and oxygen atoms in total. The molecule has 2 aliphatic heterocycles. The molecule has 0 aliphatic carbocycles. The number of carbonyl (C=O) groups is 3. The summed E-state index contributed by atoms with van der Waals surface area (Å²) in [7, 11) is 0. The molecule has 0 bridgehead atoms. The molecule has 2 aliphatic rings. The van der Waals surface area contributed by atoms with E-state index in [-0.39, 0.29) is 55.6 Å². The lowest BCUT2D eigenvalue weighted by molar-refractivity contribution is -0.206. The Hall–Kier alpha value is -4.57. The third-order valence-electron chi connectivity index (χ3n) is 8.09. The number of hydrogen-bond acceptors (Lipinski definition) is 5. The van der Waals surface area contributed by atoms with Gasteiger partial charge in [0.15, 0.2) is 0 Å². The minimum atomic E-state index is -1.00. The van der Waals surface area contributed by atoms with Crippen LogP contribution in [0.1, 0.15) is 36.1 Å². The van der Waals surface area contributed by atoms with E-state index < -0.39 is 35.8 Å². The van der Waals surface area contributed by atoms with Crippen LogP contribution in [0.3, 0.4) is 0 Å². The van der Waals surface area contributed by atoms with E-state index in [1.807, 2.05) is 30.3 Å². The summed E-state index contributed by atoms with van der Waals surface area (Å²) in [5.41, 5.74) is 1.81. The molecule has 2 fully saturated rings. The fourth-order valence-electron chi connectivity index (χ4n) is 5.94. The SMILES string of the molecule is C=CCN1CC(=O)N2[C@@H](Cc3ccc(O)cc3)C(=O)N([C@H](C)c3ccc(F)cc3F)C[C@@H]2N1C(=O)CCc1ccccc1. The third kappa shape index (κ3) is 6.29. The van der Waals surface area contributed by atoms with Gasteiger partial charge in [-0.15, -0.1) is 6.58 Å². The number of aromatic hydroxyl groups is 1. The molecule has 1 N–H and O–H groups in total. The zero-order chi connectivity index (χ0) is 30.7. The first-order valence-corrected chi connectivity index (χ1v) is 14.2. The van der Waals surface area contributed by atoms with Crippen LogP contribution in [0, 0.1) is 11.6 Å². The highest BCUT2D eigenvalue weighted by atomic mass is 19.1. The van der Waals surface area contributed by atoms with E-state index in [9.17, 15) is 28.3 Å². The Morgan fingerprint density at radius 2 is 1.77 bits per heavy atom. The summed E-state index contributed by atoms with van der Waals surface area (Å²) < 4.78 is 28.7. The Bertz CT molecular complexity index is 1500. The monoisotopic (exact) mass is 588 g/mol. The number of piperazine rings is 1. The molecule has 3 aromatic carbocycles. The van der Waals surface area contributed by atoms with Gasteiger partial charge in [-0.2, -0.15) is 0 Å². The van der Waals surface area contributed by atoms with Gasteiger partial charge in [-0.25, -0.2) is 18.8 Å². The fraction of sp³-hybridized carbons (Fsp3) is 0.303. The molecule has 43 heavy (non-hydrogen) atoms. The number of hydrogen-bond donors (Lipinski definition) is 1. The van der Waals surface area contributed by atoms with Gasteiger partial charge in [-0.3, -0.25) is 14.4 Å². The Morgan fingerprint density at radius 3 is 2.44 bits per heavy atom. The summed E-state index contributed by atoms with van der Waals surface area (Å²) in [4.78, 5) is 44.7. The topological polar surface area (TPSA) is 84.4 Å². The summed E-state index contributed by atoms with van der Waals surface area (Å²) in [5, 5.41) is 13.0. The standard InChI is InChI=1S/C33H34F2N4O4/c1-3-17-36-21-32(42)38-29(18-24-9-13-26(40)14-10-24)33(43)37(22(2)27-15-12-25(34)19-28(27)35)20-30(38)39(36)31(41)16-11-23-7-5-4-6-8-23/h3-10,12-15,19,22,29-30,40H,1,11,16-18,20-21H2,2H3/t22-,29+,30+/m1/s1. The second-order valence-electron chi connectivity index (χ2n) is 10.9. The van der Waals surface area contributed by atoms with Gasteiger partial charge < -0.3 is 14.9 Å². The van der Waals surface area contributed by atoms with Crippen molar-refractivity contribution in [3.63, 3.8) is 0 Å². The number of fused-ring (bicyclic) bond motifs is 1. The predicted octanol–water partition coefficient (Wildman–Crippen LogP) is 4.22. The Kier molecular flexibility index (Phi) is 8.86. The quantitative estimate of drug-likeness (QED) is 0.379. The zero-order valence-corrected chi connectivity index (χ0v) is 23.9. The fourth-order valence-corrected chi connectivity index (χ4v) is 5.94. The average molecular weight is 589 g/mol. The van der Waals surface area contributed by atoms with Gasteiger partial charge in [0, 0.05) is 31.0 Å². The van der Waals surface area contributed by atoms with Crippen molar-refractivity contribution in [1.82, 2.24) is 19.8 Å². The van der Waals surface area contributed by atoms with Gasteiger partial charge in [-0.05, 0) is 42.7 Å². The number of carbonyl (C=O) groups excluding carboxylic acids is 3. The van der Waals surface area contributed by atoms with Crippen LogP contribution in [0.4, 0.5) is 8.78 Å². The maximum atomic E-state index is 14.9. The van der Waals surface area contributed by atoms with Gasteiger partial charge in [0.2, 0.25) is 17.7 Å². The van der Waals surface area contributed by atoms with Crippen molar-refractivity contribution in [3.8, 4) is 5.75 Å². The van der Waals surface area contributed by atoms with E-state index in [2.05, 4.69) is 6.58 Å². The Labute approximate surface area is 249 Å². The molecule has 2 saturated heterocycles. The molecular weight excluding hydrogens is 554 g/mol. The van der Waals surface area contributed by atoms with Crippen LogP contribution < -0.4 is 0 Å². The van der Waals surface area contributed by atoms with E-state index in [1.165, 1.54) is 28.0 Å². The zero-order valence-electron chi connectivity index (χ0n) is 23.9. The van der Waals surface area contributed by atoms with Gasteiger partial charge in [0.25, 0.3) is 0 Å². The van der Waals surface area contributed by atoms with Gasteiger partial charge >= 0.3 is 0 Å². The van der Waals surface area contributed by atoms with Crippen LogP contribution >= 0.6 is 0 Å². The molecular formula is C33H34F2N4O4. The van der Waals surface area contributed by atoms with Crippen molar-refractivity contribution in [2.24, 2.45) is 0 Å². The lowest BCUT2D eigenvalue weighted by Gasteiger charge is -2.56. The van der Waals surface area contributed by atoms with Crippen molar-refractivity contribution >= 4 is 17.7 Å². The predicted molar refractivity (Wildman–Crippen MR) is 156 cm³/mol. The number of amides is 3. The highest BCUT2D eigenvalue weighted by Crippen LogP contribution is 2.34. The van der Waals surface area contributed by atoms with Gasteiger partial charge in [0.05, 0.1) is 19.1 Å². The molecule has 0 aromatic heterocycles. The number of phenols is 1. The van der Waals surface area contributed by atoms with Crippen LogP contribution in [-0.4, -0.2) is 74.5 Å². The molecule has 3 aromatic rings. The van der Waals surface area contributed by atoms with Crippen LogP contribution in [0.25, 0.3) is 0 Å². The number of benzene rings is 3. The second kappa shape index (κ2) is 12.7. The molecule has 0 saturated carbocycles. The van der Waals surface area contributed by atoms with Crippen LogP contribution in [0.15, 0.2) is 85.5 Å². The minimum absolute atomic E-state index is 0.0583. The highest BCUT2D eigenvalue weighted by Gasteiger charge is 2.52. The van der Waals surface area contributed by atoms with Crippen LogP contribution in [0.5, 0.6) is 5.75 Å². The summed E-state index contributed by atoms with van der Waals surface area (Å²) in [6.07, 6.45) is 1.50. The number of nitrogens with zero attached hydrogens (tertiary/aromatic N) is 4. The lowest BCUT2D eigenvalue weighted by Crippen LogP contribution is -2.76. The molecule has 0 radical (unpaired) electrons. The van der Waals surface area contributed by atoms with E-state index >= 15 is 0 Å². The average Bonchev–Trinajstić information content (AvgIpc) is 2.98. The van der Waals surface area contributed by atoms with E-state index in [0.29, 0.717) is 12.0 Å². The molecule has 0 unspecified atom stereocenters. The Morgan fingerprint density at radius 1 is 1.05 bits per heavy atom. The minimum Gasteiger partial charge on any atom is -0.508 e. The van der Waals surface area contributed by atoms with E-state index in [0.717, 1.165) is 17.7 Å². The molecule has 10 heteroatoms. The molecule has 0 spiro atoms. The lowest BCUT2D eigenvalue weighted by atomic mass is 9.96. The van der Waals surface area contributed by atoms with Gasteiger partial charge in [0.1, 0.15) is 29.6 Å². The molecule has 3 atom stereocenters. The molecule has 5 rings (SSSR count). The van der Waals surface area contributed by atoms with Crippen molar-refractivity contribution in [2.75, 3.05) is 19.6 Å². The molecule has 224 valence electrons. The highest BCUT2D eigenvalue weighted by molar-refractivity contribution is 5.92. The second-order valence-corrected chi connectivity index (χ2v) is 10.9. The van der Waals surface area contributed by atoms with E-state index in [4.69, 9.17) is 0 Å². The summed E-state index contributed by atoms with van der Waals surface area (Å²) in [5.74, 6) is -2.43. The van der Waals surface area contributed by atoms with Crippen LogP contribution in [0.2, 0.25) is 0 Å². The third-order valence-corrected chi connectivity index (χ3v) is 8.09.